The highest BCUT2D eigenvalue weighted by Crippen LogP contribution is 2.18. The molecule has 2 N–H and O–H groups in total. The fourth-order valence-corrected chi connectivity index (χ4v) is 1.98. The van der Waals surface area contributed by atoms with Crippen molar-refractivity contribution in [2.75, 3.05) is 18.5 Å². The van der Waals surface area contributed by atoms with E-state index in [1.54, 1.807) is 0 Å². The Balaban J connectivity index is 1.94. The quantitative estimate of drug-likeness (QED) is 0.865. The smallest absolute Gasteiger partial charge is 0.335 e. The van der Waals surface area contributed by atoms with Gasteiger partial charge in [-0.15, -0.1) is 0 Å². The van der Waals surface area contributed by atoms with E-state index in [4.69, 9.17) is 9.84 Å². The summed E-state index contributed by atoms with van der Waals surface area (Å²) in [4.78, 5) is 10.7. The van der Waals surface area contributed by atoms with Crippen LogP contribution in [0.25, 0.3) is 0 Å². The number of halogens is 1. The summed E-state index contributed by atoms with van der Waals surface area (Å²) >= 11 is 0. The highest BCUT2D eigenvalue weighted by Gasteiger charge is 2.14. The highest BCUT2D eigenvalue weighted by atomic mass is 19.1. The monoisotopic (exact) mass is 253 g/mol. The maximum Gasteiger partial charge on any atom is 0.335 e. The maximum absolute atomic E-state index is 13.6. The summed E-state index contributed by atoms with van der Waals surface area (Å²) in [5.41, 5.74) is 0.265. The van der Waals surface area contributed by atoms with E-state index in [-0.39, 0.29) is 11.7 Å². The van der Waals surface area contributed by atoms with E-state index in [2.05, 4.69) is 5.32 Å². The molecule has 0 amide bonds. The summed E-state index contributed by atoms with van der Waals surface area (Å²) in [6.07, 6.45) is 3.30. The minimum atomic E-state index is -1.13. The zero-order chi connectivity index (χ0) is 13.0. The molecule has 0 aromatic heterocycles. The van der Waals surface area contributed by atoms with Gasteiger partial charge in [0.05, 0.1) is 17.4 Å². The van der Waals surface area contributed by atoms with E-state index in [1.165, 1.54) is 12.1 Å². The number of carboxylic acids is 1. The van der Waals surface area contributed by atoms with Gasteiger partial charge in [-0.25, -0.2) is 9.18 Å². The summed E-state index contributed by atoms with van der Waals surface area (Å²) in [7, 11) is 0. The van der Waals surface area contributed by atoms with Crippen LogP contribution in [0.2, 0.25) is 0 Å². The molecule has 0 aliphatic carbocycles. The van der Waals surface area contributed by atoms with Gasteiger partial charge in [0, 0.05) is 13.2 Å². The predicted molar refractivity (Wildman–Crippen MR) is 65.4 cm³/mol. The molecule has 0 spiro atoms. The van der Waals surface area contributed by atoms with Crippen LogP contribution in [0.4, 0.5) is 10.1 Å². The zero-order valence-corrected chi connectivity index (χ0v) is 9.99. The molecule has 4 nitrogen and oxygen atoms in total. The van der Waals surface area contributed by atoms with E-state index in [9.17, 15) is 9.18 Å². The number of nitrogens with one attached hydrogen (secondary N) is 1. The van der Waals surface area contributed by atoms with Gasteiger partial charge in [0.1, 0.15) is 5.82 Å². The second-order valence-corrected chi connectivity index (χ2v) is 4.37. The number of ether oxygens (including phenoxy) is 1. The fourth-order valence-electron chi connectivity index (χ4n) is 1.98. The van der Waals surface area contributed by atoms with Crippen LogP contribution in [0.3, 0.4) is 0 Å². The second-order valence-electron chi connectivity index (χ2n) is 4.37. The maximum atomic E-state index is 13.6. The molecule has 0 bridgehead atoms. The predicted octanol–water partition coefficient (Wildman–Crippen LogP) is 2.50. The first-order valence-corrected chi connectivity index (χ1v) is 6.05. The van der Waals surface area contributed by atoms with Crippen LogP contribution >= 0.6 is 0 Å². The van der Waals surface area contributed by atoms with Crippen molar-refractivity contribution in [3.05, 3.63) is 29.6 Å². The van der Waals surface area contributed by atoms with Crippen molar-refractivity contribution >= 4 is 11.7 Å². The second kappa shape index (κ2) is 5.82. The van der Waals surface area contributed by atoms with Crippen molar-refractivity contribution in [2.24, 2.45) is 0 Å². The van der Waals surface area contributed by atoms with E-state index < -0.39 is 11.8 Å². The van der Waals surface area contributed by atoms with Gasteiger partial charge in [0.2, 0.25) is 0 Å². The SMILES string of the molecule is O=C(O)c1ccc(NCC2CCCCO2)c(F)c1. The van der Waals surface area contributed by atoms with Gasteiger partial charge in [-0.1, -0.05) is 0 Å². The molecule has 1 aliphatic rings. The normalized spacial score (nSPS) is 19.5. The topological polar surface area (TPSA) is 58.6 Å². The molecule has 0 radical (unpaired) electrons. The molecule has 1 saturated heterocycles. The van der Waals surface area contributed by atoms with Crippen LogP contribution in [0.5, 0.6) is 0 Å². The lowest BCUT2D eigenvalue weighted by molar-refractivity contribution is 0.0247. The first kappa shape index (κ1) is 12.8. The molecule has 1 aromatic rings. The standard InChI is InChI=1S/C13H16FNO3/c14-11-7-9(13(16)17)4-5-12(11)15-8-10-3-1-2-6-18-10/h4-5,7,10,15H,1-3,6,8H2,(H,16,17). The molecular formula is C13H16FNO3. The van der Waals surface area contributed by atoms with Gasteiger partial charge in [-0.05, 0) is 37.5 Å². The minimum absolute atomic E-state index is 0.0491. The van der Waals surface area contributed by atoms with E-state index in [0.29, 0.717) is 12.2 Å². The minimum Gasteiger partial charge on any atom is -0.478 e. The average Bonchev–Trinajstić information content (AvgIpc) is 2.38. The fraction of sp³-hybridized carbons (Fsp3) is 0.462. The number of hydrogen-bond acceptors (Lipinski definition) is 3. The van der Waals surface area contributed by atoms with Gasteiger partial charge in [-0.3, -0.25) is 0 Å². The third-order valence-electron chi connectivity index (χ3n) is 3.01. The number of carbonyl (C=O) groups is 1. The lowest BCUT2D eigenvalue weighted by Crippen LogP contribution is -2.27. The number of rotatable bonds is 4. The van der Waals surface area contributed by atoms with Crippen molar-refractivity contribution in [2.45, 2.75) is 25.4 Å². The first-order chi connectivity index (χ1) is 8.66. The highest BCUT2D eigenvalue weighted by molar-refractivity contribution is 5.88. The van der Waals surface area contributed by atoms with Gasteiger partial charge in [0.25, 0.3) is 0 Å². The number of benzene rings is 1. The summed E-state index contributed by atoms with van der Waals surface area (Å²) in [6.45, 7) is 1.30. The lowest BCUT2D eigenvalue weighted by atomic mass is 10.1. The largest absolute Gasteiger partial charge is 0.478 e. The molecule has 5 heteroatoms. The third kappa shape index (κ3) is 3.20. The number of carboxylic acid groups (broad SMARTS) is 1. The van der Waals surface area contributed by atoms with Gasteiger partial charge in [-0.2, -0.15) is 0 Å². The molecule has 0 saturated carbocycles. The average molecular weight is 253 g/mol. The first-order valence-electron chi connectivity index (χ1n) is 6.05. The van der Waals surface area contributed by atoms with Crippen LogP contribution in [0, 0.1) is 5.82 Å². The van der Waals surface area contributed by atoms with Gasteiger partial charge in [0.15, 0.2) is 0 Å². The molecule has 98 valence electrons. The van der Waals surface area contributed by atoms with Crippen LogP contribution in [0.15, 0.2) is 18.2 Å². The molecule has 18 heavy (non-hydrogen) atoms. The molecule has 1 heterocycles. The Morgan fingerprint density at radius 2 is 2.33 bits per heavy atom. The Morgan fingerprint density at radius 3 is 2.94 bits per heavy atom. The van der Waals surface area contributed by atoms with Crippen molar-refractivity contribution in [1.82, 2.24) is 0 Å². The molecule has 1 aliphatic heterocycles. The van der Waals surface area contributed by atoms with Crippen molar-refractivity contribution in [3.8, 4) is 0 Å². The Labute approximate surface area is 105 Å². The molecule has 2 rings (SSSR count). The van der Waals surface area contributed by atoms with E-state index in [1.807, 2.05) is 0 Å². The summed E-state index contributed by atoms with van der Waals surface area (Å²) in [5, 5.41) is 11.7. The van der Waals surface area contributed by atoms with E-state index >= 15 is 0 Å². The van der Waals surface area contributed by atoms with Crippen LogP contribution < -0.4 is 5.32 Å². The lowest BCUT2D eigenvalue weighted by Gasteiger charge is -2.23. The molecule has 1 aromatic carbocycles. The Morgan fingerprint density at radius 1 is 1.50 bits per heavy atom. The number of aromatic carboxylic acids is 1. The summed E-state index contributed by atoms with van der Waals surface area (Å²) in [5.74, 6) is -1.68. The third-order valence-corrected chi connectivity index (χ3v) is 3.01. The zero-order valence-electron chi connectivity index (χ0n) is 9.99. The number of hydrogen-bond donors (Lipinski definition) is 2. The van der Waals surface area contributed by atoms with Crippen LogP contribution in [-0.2, 0) is 4.74 Å². The van der Waals surface area contributed by atoms with Gasteiger partial charge >= 0.3 is 5.97 Å². The summed E-state index contributed by atoms with van der Waals surface area (Å²) < 4.78 is 19.1. The van der Waals surface area contributed by atoms with Crippen LogP contribution in [-0.4, -0.2) is 30.3 Å². The van der Waals surface area contributed by atoms with E-state index in [0.717, 1.165) is 31.9 Å². The Kier molecular flexibility index (Phi) is 4.15. The molecule has 1 atom stereocenters. The Hall–Kier alpha value is -1.62. The van der Waals surface area contributed by atoms with Crippen molar-refractivity contribution in [1.29, 1.82) is 0 Å². The van der Waals surface area contributed by atoms with Crippen molar-refractivity contribution in [3.63, 3.8) is 0 Å². The van der Waals surface area contributed by atoms with Crippen molar-refractivity contribution < 1.29 is 19.0 Å². The molecule has 1 unspecified atom stereocenters. The molecular weight excluding hydrogens is 237 g/mol. The van der Waals surface area contributed by atoms with Gasteiger partial charge < -0.3 is 15.2 Å². The number of anilines is 1. The van der Waals surface area contributed by atoms with Crippen LogP contribution in [0.1, 0.15) is 29.6 Å². The molecule has 1 fully saturated rings. The summed E-state index contributed by atoms with van der Waals surface area (Å²) in [6, 6.07) is 3.85. The Bertz CT molecular complexity index is 430.